The maximum atomic E-state index is 9.59. The van der Waals surface area contributed by atoms with Crippen LogP contribution in [0, 0.1) is 18.3 Å². The predicted molar refractivity (Wildman–Crippen MR) is 102 cm³/mol. The average Bonchev–Trinajstić information content (AvgIpc) is 3.22. The van der Waals surface area contributed by atoms with E-state index in [0.29, 0.717) is 11.2 Å². The number of hydrogen-bond donors (Lipinski definition) is 1. The van der Waals surface area contributed by atoms with Crippen LogP contribution in [0.2, 0.25) is 0 Å². The molecule has 2 aromatic carbocycles. The van der Waals surface area contributed by atoms with Gasteiger partial charge < -0.3 is 4.98 Å². The van der Waals surface area contributed by atoms with E-state index in [1.807, 2.05) is 65.9 Å². The van der Waals surface area contributed by atoms with Crippen LogP contribution in [0.1, 0.15) is 11.1 Å². The van der Waals surface area contributed by atoms with Crippen LogP contribution in [0.3, 0.4) is 0 Å². The van der Waals surface area contributed by atoms with Crippen LogP contribution < -0.4 is 0 Å². The number of nitriles is 1. The maximum absolute atomic E-state index is 9.59. The number of para-hydroxylation sites is 4. The number of nitrogens with one attached hydrogen (secondary N) is 1. The lowest BCUT2D eigenvalue weighted by Gasteiger charge is -2.08. The van der Waals surface area contributed by atoms with Crippen LogP contribution in [-0.2, 0) is 0 Å². The minimum atomic E-state index is 0.607. The average molecular weight is 355 g/mol. The largest absolute Gasteiger partial charge is 0.333 e. The minimum Gasteiger partial charge on any atom is -0.333 e. The number of hydrogen-bond acceptors (Lipinski definition) is 4. The molecule has 6 heteroatoms. The lowest BCUT2D eigenvalue weighted by atomic mass is 10.2. The lowest BCUT2D eigenvalue weighted by molar-refractivity contribution is 1.01. The normalized spacial score (nSPS) is 11.4. The fourth-order valence-electron chi connectivity index (χ4n) is 3.21. The Labute approximate surface area is 153 Å². The Morgan fingerprint density at radius 2 is 1.81 bits per heavy atom. The fraction of sp³-hybridized carbons (Fsp3) is 0.0500. The summed E-state index contributed by atoms with van der Waals surface area (Å²) in [6, 6.07) is 20.2. The van der Waals surface area contributed by atoms with Crippen LogP contribution in [0.25, 0.3) is 27.7 Å². The van der Waals surface area contributed by atoms with Crippen molar-refractivity contribution >= 4 is 39.5 Å². The smallest absolute Gasteiger partial charge is 0.172 e. The maximum Gasteiger partial charge on any atom is 0.172 e. The highest BCUT2D eigenvalue weighted by molar-refractivity contribution is 7.99. The quantitative estimate of drug-likeness (QED) is 0.498. The van der Waals surface area contributed by atoms with E-state index >= 15 is 0 Å². The number of aryl methyl sites for hydroxylation is 1. The van der Waals surface area contributed by atoms with Gasteiger partial charge in [0, 0.05) is 0 Å². The van der Waals surface area contributed by atoms with E-state index in [0.717, 1.165) is 37.8 Å². The Kier molecular flexibility index (Phi) is 3.24. The van der Waals surface area contributed by atoms with Crippen molar-refractivity contribution in [1.29, 1.82) is 5.26 Å². The number of pyridine rings is 1. The van der Waals surface area contributed by atoms with Gasteiger partial charge in [0.2, 0.25) is 0 Å². The third-order valence-corrected chi connectivity index (χ3v) is 5.32. The molecular weight excluding hydrogens is 342 g/mol. The number of nitrogens with zero attached hydrogens (tertiary/aromatic N) is 4. The summed E-state index contributed by atoms with van der Waals surface area (Å²) >= 11 is 1.54. The Balaban J connectivity index is 1.77. The van der Waals surface area contributed by atoms with Crippen molar-refractivity contribution in [3.05, 3.63) is 65.7 Å². The first-order chi connectivity index (χ1) is 12.7. The molecule has 1 N–H and O–H groups in total. The zero-order valence-electron chi connectivity index (χ0n) is 13.9. The number of rotatable bonds is 2. The van der Waals surface area contributed by atoms with E-state index in [2.05, 4.69) is 21.0 Å². The summed E-state index contributed by atoms with van der Waals surface area (Å²) in [5.74, 6) is 0. The molecule has 3 heterocycles. The van der Waals surface area contributed by atoms with Gasteiger partial charge in [-0.3, -0.25) is 4.40 Å². The fourth-order valence-corrected chi connectivity index (χ4v) is 4.22. The van der Waals surface area contributed by atoms with Crippen molar-refractivity contribution < 1.29 is 0 Å². The number of fused-ring (bicyclic) bond motifs is 4. The molecule has 26 heavy (non-hydrogen) atoms. The molecule has 0 fully saturated rings. The van der Waals surface area contributed by atoms with Gasteiger partial charge in [0.05, 0.1) is 32.7 Å². The van der Waals surface area contributed by atoms with Gasteiger partial charge in [-0.25, -0.2) is 9.97 Å². The molecule has 0 bridgehead atoms. The molecule has 0 saturated heterocycles. The molecule has 0 aliphatic heterocycles. The molecule has 0 radical (unpaired) electrons. The Hall–Kier alpha value is -3.30. The Morgan fingerprint density at radius 1 is 1.04 bits per heavy atom. The van der Waals surface area contributed by atoms with Gasteiger partial charge in [-0.1, -0.05) is 24.3 Å². The summed E-state index contributed by atoms with van der Waals surface area (Å²) < 4.78 is 2.04. The second kappa shape index (κ2) is 5.61. The summed E-state index contributed by atoms with van der Waals surface area (Å²) in [7, 11) is 0. The molecule has 0 unspecified atom stereocenters. The number of H-pyrrole nitrogens is 1. The molecule has 0 aliphatic rings. The zero-order chi connectivity index (χ0) is 17.7. The highest BCUT2D eigenvalue weighted by Gasteiger charge is 2.16. The summed E-state index contributed by atoms with van der Waals surface area (Å²) in [5.41, 5.74) is 6.01. The molecule has 5 aromatic rings. The highest BCUT2D eigenvalue weighted by Crippen LogP contribution is 2.33. The molecule has 5 rings (SSSR count). The van der Waals surface area contributed by atoms with E-state index in [4.69, 9.17) is 0 Å². The van der Waals surface area contributed by atoms with Gasteiger partial charge in [0.1, 0.15) is 6.07 Å². The first-order valence-electron chi connectivity index (χ1n) is 8.18. The third kappa shape index (κ3) is 2.18. The van der Waals surface area contributed by atoms with E-state index in [1.165, 1.54) is 0 Å². The molecule has 5 nitrogen and oxygen atoms in total. The topological polar surface area (TPSA) is 69.8 Å². The van der Waals surface area contributed by atoms with Crippen LogP contribution in [0.15, 0.2) is 64.8 Å². The van der Waals surface area contributed by atoms with E-state index in [1.54, 1.807) is 11.8 Å². The number of imidazole rings is 2. The van der Waals surface area contributed by atoms with Crippen LogP contribution in [0.4, 0.5) is 0 Å². The van der Waals surface area contributed by atoms with Crippen molar-refractivity contribution in [2.45, 2.75) is 17.1 Å². The van der Waals surface area contributed by atoms with E-state index < -0.39 is 0 Å². The molecule has 0 saturated carbocycles. The number of aromatic amines is 1. The molecule has 0 spiro atoms. The van der Waals surface area contributed by atoms with Gasteiger partial charge in [-0.15, -0.1) is 0 Å². The van der Waals surface area contributed by atoms with Crippen molar-refractivity contribution in [3.8, 4) is 6.07 Å². The SMILES string of the molecule is Cc1cc(Sc2nc3ccccc3[nH]2)n2c(nc3ccccc32)c1C#N. The molecule has 0 aliphatic carbocycles. The molecule has 124 valence electrons. The Morgan fingerprint density at radius 3 is 2.62 bits per heavy atom. The van der Waals surface area contributed by atoms with Crippen molar-refractivity contribution in [1.82, 2.24) is 19.4 Å². The molecule has 0 atom stereocenters. The minimum absolute atomic E-state index is 0.607. The van der Waals surface area contributed by atoms with Gasteiger partial charge >= 0.3 is 0 Å². The summed E-state index contributed by atoms with van der Waals surface area (Å²) in [4.78, 5) is 12.7. The van der Waals surface area contributed by atoms with Crippen LogP contribution in [0.5, 0.6) is 0 Å². The van der Waals surface area contributed by atoms with Crippen molar-refractivity contribution in [3.63, 3.8) is 0 Å². The second-order valence-corrected chi connectivity index (χ2v) is 7.08. The zero-order valence-corrected chi connectivity index (χ0v) is 14.7. The third-order valence-electron chi connectivity index (χ3n) is 4.42. The molecule has 0 amide bonds. The van der Waals surface area contributed by atoms with E-state index in [-0.39, 0.29) is 0 Å². The first-order valence-corrected chi connectivity index (χ1v) is 9.00. The standard InChI is InChI=1S/C20H13N5S/c1-12-10-18(26-20-23-14-6-2-3-7-15(14)24-20)25-17-9-5-4-8-16(17)22-19(25)13(12)11-21/h2-10H,1H3,(H,23,24). The first kappa shape index (κ1) is 15.0. The van der Waals surface area contributed by atoms with Crippen LogP contribution >= 0.6 is 11.8 Å². The summed E-state index contributed by atoms with van der Waals surface area (Å²) in [5, 5.41) is 11.4. The molecular formula is C20H13N5S. The van der Waals surface area contributed by atoms with Crippen molar-refractivity contribution in [2.24, 2.45) is 0 Å². The van der Waals surface area contributed by atoms with Gasteiger partial charge in [0.25, 0.3) is 0 Å². The van der Waals surface area contributed by atoms with Crippen LogP contribution in [-0.4, -0.2) is 19.4 Å². The molecule has 3 aromatic heterocycles. The van der Waals surface area contributed by atoms with Crippen molar-refractivity contribution in [2.75, 3.05) is 0 Å². The number of aromatic nitrogens is 4. The van der Waals surface area contributed by atoms with Gasteiger partial charge in [0.15, 0.2) is 10.8 Å². The van der Waals surface area contributed by atoms with Gasteiger partial charge in [-0.2, -0.15) is 5.26 Å². The highest BCUT2D eigenvalue weighted by atomic mass is 32.2. The predicted octanol–water partition coefficient (Wildman–Crippen LogP) is 4.70. The monoisotopic (exact) mass is 355 g/mol. The lowest BCUT2D eigenvalue weighted by Crippen LogP contribution is -1.97. The van der Waals surface area contributed by atoms with E-state index in [9.17, 15) is 5.26 Å². The number of benzene rings is 2. The van der Waals surface area contributed by atoms with Gasteiger partial charge in [-0.05, 0) is 54.6 Å². The summed E-state index contributed by atoms with van der Waals surface area (Å²) in [6.45, 7) is 1.95. The Bertz CT molecular complexity index is 1310. The summed E-state index contributed by atoms with van der Waals surface area (Å²) in [6.07, 6.45) is 0. The second-order valence-electron chi connectivity index (χ2n) is 6.07.